The van der Waals surface area contributed by atoms with Crippen LogP contribution in [0.2, 0.25) is 0 Å². The van der Waals surface area contributed by atoms with Gasteiger partial charge in [0.25, 0.3) is 5.91 Å². The number of hydrogen-bond donors (Lipinski definition) is 2. The van der Waals surface area contributed by atoms with Gasteiger partial charge in [0.1, 0.15) is 17.3 Å². The van der Waals surface area contributed by atoms with E-state index in [0.717, 1.165) is 30.0 Å². The van der Waals surface area contributed by atoms with E-state index in [4.69, 9.17) is 0 Å². The van der Waals surface area contributed by atoms with Crippen LogP contribution in [0.5, 0.6) is 0 Å². The average Bonchev–Trinajstić information content (AvgIpc) is 2.97. The smallest absolute Gasteiger partial charge is 0.328 e. The highest BCUT2D eigenvalue weighted by atomic mass is 32.2. The van der Waals surface area contributed by atoms with Crippen molar-refractivity contribution < 1.29 is 26.8 Å². The Labute approximate surface area is 242 Å². The van der Waals surface area contributed by atoms with Gasteiger partial charge in [-0.15, -0.1) is 0 Å². The molecule has 4 aromatic rings. The molecule has 0 aliphatic carbocycles. The summed E-state index contributed by atoms with van der Waals surface area (Å²) in [4.78, 5) is 34.9. The minimum absolute atomic E-state index is 0.0994. The molecule has 0 saturated heterocycles. The molecule has 0 fully saturated rings. The zero-order valence-electron chi connectivity index (χ0n) is 23.4. The third kappa shape index (κ3) is 6.13. The number of aromatic nitrogens is 2. The highest BCUT2D eigenvalue weighted by Crippen LogP contribution is 2.39. The van der Waals surface area contributed by atoms with Crippen LogP contribution in [0.15, 0.2) is 71.9 Å². The molecule has 2 N–H and O–H groups in total. The van der Waals surface area contributed by atoms with Gasteiger partial charge >= 0.3 is 6.03 Å². The molecule has 5 rings (SSSR count). The van der Waals surface area contributed by atoms with E-state index in [2.05, 4.69) is 20.6 Å². The maximum absolute atomic E-state index is 14.8. The van der Waals surface area contributed by atoms with Gasteiger partial charge in [0.2, 0.25) is 15.0 Å². The number of amides is 3. The first-order chi connectivity index (χ1) is 20.0. The quantitative estimate of drug-likeness (QED) is 0.287. The highest BCUT2D eigenvalue weighted by Gasteiger charge is 2.35. The number of nitrogens with one attached hydrogen (secondary N) is 2. The summed E-state index contributed by atoms with van der Waals surface area (Å²) in [5.74, 6) is -2.74. The van der Waals surface area contributed by atoms with Crippen LogP contribution < -0.4 is 15.5 Å². The molecule has 0 spiro atoms. The monoisotopic (exact) mass is 593 g/mol. The van der Waals surface area contributed by atoms with E-state index in [1.807, 2.05) is 44.2 Å². The third-order valence-electron chi connectivity index (χ3n) is 6.34. The Balaban J connectivity index is 0.00000198. The van der Waals surface area contributed by atoms with Crippen molar-refractivity contribution in [3.05, 3.63) is 101 Å². The molecular formula is C30H29F2N5O4S. The van der Waals surface area contributed by atoms with Crippen LogP contribution in [-0.2, 0) is 22.9 Å². The zero-order chi connectivity index (χ0) is 30.6. The van der Waals surface area contributed by atoms with E-state index < -0.39 is 38.3 Å². The summed E-state index contributed by atoms with van der Waals surface area (Å²) in [6, 6.07) is 16.4. The lowest BCUT2D eigenvalue weighted by Crippen LogP contribution is -2.43. The number of carbonyl (C=O) groups excluding carboxylic acids is 2. The van der Waals surface area contributed by atoms with Crippen LogP contribution >= 0.6 is 0 Å². The van der Waals surface area contributed by atoms with E-state index in [-0.39, 0.29) is 35.1 Å². The van der Waals surface area contributed by atoms with Gasteiger partial charge < -0.3 is 10.6 Å². The fourth-order valence-corrected chi connectivity index (χ4v) is 4.85. The van der Waals surface area contributed by atoms with Gasteiger partial charge in [-0.2, -0.15) is 4.98 Å². The summed E-state index contributed by atoms with van der Waals surface area (Å²) in [5, 5.41) is 4.75. The van der Waals surface area contributed by atoms with Crippen molar-refractivity contribution in [1.82, 2.24) is 20.6 Å². The number of carbonyl (C=O) groups is 2. The number of rotatable bonds is 6. The summed E-state index contributed by atoms with van der Waals surface area (Å²) in [5.41, 5.74) is 1.82. The van der Waals surface area contributed by atoms with Crippen LogP contribution in [0.4, 0.5) is 25.1 Å². The minimum Gasteiger partial charge on any atom is -0.348 e. The fourth-order valence-electron chi connectivity index (χ4n) is 4.34. The number of fused-ring (bicyclic) bond motifs is 1. The summed E-state index contributed by atoms with van der Waals surface area (Å²) in [7, 11) is -4.04. The van der Waals surface area contributed by atoms with Crippen LogP contribution in [0, 0.1) is 18.6 Å². The number of hydrogen-bond acceptors (Lipinski definition) is 6. The predicted molar refractivity (Wildman–Crippen MR) is 155 cm³/mol. The lowest BCUT2D eigenvalue weighted by molar-refractivity contribution is 0.0951. The molecule has 9 nitrogen and oxygen atoms in total. The van der Waals surface area contributed by atoms with E-state index in [9.17, 15) is 26.8 Å². The molecule has 12 heteroatoms. The number of anilines is 2. The molecule has 0 unspecified atom stereocenters. The molecule has 1 aliphatic heterocycles. The summed E-state index contributed by atoms with van der Waals surface area (Å²) in [6.45, 7) is 5.88. The summed E-state index contributed by atoms with van der Waals surface area (Å²) in [6.07, 6.45) is 0.885. The first kappa shape index (κ1) is 30.3. The summed E-state index contributed by atoms with van der Waals surface area (Å²) >= 11 is 0. The van der Waals surface area contributed by atoms with E-state index in [0.29, 0.717) is 22.6 Å². The SMILES string of the molecule is CC.Cc1ccc(C(=O)NCc2ccccc2)cc1-c1nc(S(C)(=O)=O)nc2c1CNC(=O)N2c1c(F)cccc1F. The first-order valence-corrected chi connectivity index (χ1v) is 15.0. The molecule has 1 aliphatic rings. The normalized spacial score (nSPS) is 12.5. The van der Waals surface area contributed by atoms with E-state index in [1.54, 1.807) is 25.1 Å². The fraction of sp³-hybridized carbons (Fsp3) is 0.200. The van der Waals surface area contributed by atoms with Gasteiger partial charge in [0.15, 0.2) is 5.82 Å². The van der Waals surface area contributed by atoms with Crippen molar-refractivity contribution in [2.75, 3.05) is 11.2 Å². The molecule has 0 radical (unpaired) electrons. The second-order valence-electron chi connectivity index (χ2n) is 9.19. The minimum atomic E-state index is -4.04. The molecule has 3 aromatic carbocycles. The second-order valence-corrected chi connectivity index (χ2v) is 11.1. The summed E-state index contributed by atoms with van der Waals surface area (Å²) < 4.78 is 54.8. The third-order valence-corrected chi connectivity index (χ3v) is 7.19. The molecular weight excluding hydrogens is 564 g/mol. The largest absolute Gasteiger partial charge is 0.348 e. The topological polar surface area (TPSA) is 121 Å². The molecule has 0 saturated carbocycles. The second kappa shape index (κ2) is 12.4. The van der Waals surface area contributed by atoms with Gasteiger partial charge in [-0.25, -0.2) is 31.9 Å². The predicted octanol–water partition coefficient (Wildman–Crippen LogP) is 5.45. The molecule has 3 amide bonds. The van der Waals surface area contributed by atoms with Crippen molar-refractivity contribution in [2.45, 2.75) is 39.0 Å². The van der Waals surface area contributed by atoms with Crippen molar-refractivity contribution in [3.63, 3.8) is 0 Å². The molecule has 0 atom stereocenters. The number of para-hydroxylation sites is 1. The van der Waals surface area contributed by atoms with Crippen molar-refractivity contribution in [2.24, 2.45) is 0 Å². The van der Waals surface area contributed by atoms with Gasteiger partial charge in [-0.3, -0.25) is 4.79 Å². The Morgan fingerprint density at radius 2 is 1.67 bits per heavy atom. The Morgan fingerprint density at radius 3 is 2.31 bits per heavy atom. The maximum Gasteiger partial charge on any atom is 0.328 e. The number of halogens is 2. The van der Waals surface area contributed by atoms with Gasteiger partial charge in [0, 0.05) is 29.5 Å². The average molecular weight is 594 g/mol. The number of benzene rings is 3. The lowest BCUT2D eigenvalue weighted by atomic mass is 9.97. The molecule has 2 heterocycles. The number of aryl methyl sites for hydroxylation is 1. The van der Waals surface area contributed by atoms with E-state index in [1.165, 1.54) is 0 Å². The Morgan fingerprint density at radius 1 is 1.00 bits per heavy atom. The Kier molecular flexibility index (Phi) is 8.96. The van der Waals surface area contributed by atoms with E-state index >= 15 is 0 Å². The zero-order valence-corrected chi connectivity index (χ0v) is 24.2. The van der Waals surface area contributed by atoms with Crippen LogP contribution in [0.25, 0.3) is 11.3 Å². The van der Waals surface area contributed by atoms with Crippen LogP contribution in [-0.4, -0.2) is 36.6 Å². The van der Waals surface area contributed by atoms with Crippen LogP contribution in [0.1, 0.15) is 40.9 Å². The Bertz CT molecular complexity index is 1750. The highest BCUT2D eigenvalue weighted by molar-refractivity contribution is 7.90. The van der Waals surface area contributed by atoms with Crippen molar-refractivity contribution in [3.8, 4) is 11.3 Å². The number of sulfone groups is 1. The molecule has 0 bridgehead atoms. The number of urea groups is 1. The molecule has 42 heavy (non-hydrogen) atoms. The molecule has 218 valence electrons. The van der Waals surface area contributed by atoms with Crippen molar-refractivity contribution in [1.29, 1.82) is 0 Å². The Hall–Kier alpha value is -4.71. The standard InChI is InChI=1S/C28H23F2N5O4S.C2H6/c1-16-11-12-18(26(36)31-14-17-7-4-3-5-8-17)13-19(16)23-20-15-32-28(37)35(24-21(29)9-6-10-22(24)30)25(20)34-27(33-23)40(2,38)39;1-2/h3-13H,14-15H2,1-2H3,(H,31,36)(H,32,37);1-2H3. The first-order valence-electron chi connectivity index (χ1n) is 13.1. The van der Waals surface area contributed by atoms with Gasteiger partial charge in [-0.05, 0) is 42.3 Å². The van der Waals surface area contributed by atoms with Crippen LogP contribution in [0.3, 0.4) is 0 Å². The number of nitrogens with zero attached hydrogens (tertiary/aromatic N) is 3. The molecule has 1 aromatic heterocycles. The van der Waals surface area contributed by atoms with Gasteiger partial charge in [0.05, 0.1) is 12.2 Å². The lowest BCUT2D eigenvalue weighted by Gasteiger charge is -2.30. The van der Waals surface area contributed by atoms with Gasteiger partial charge in [-0.1, -0.05) is 56.3 Å². The maximum atomic E-state index is 14.8. The van der Waals surface area contributed by atoms with Crippen molar-refractivity contribution >= 4 is 33.3 Å².